The van der Waals surface area contributed by atoms with Crippen LogP contribution in [0, 0.1) is 17.5 Å². The Hall–Kier alpha value is -2.51. The van der Waals surface area contributed by atoms with Crippen molar-refractivity contribution in [3.8, 4) is 0 Å². The van der Waals surface area contributed by atoms with Crippen LogP contribution in [0.5, 0.6) is 0 Å². The molecule has 0 amide bonds. The summed E-state index contributed by atoms with van der Waals surface area (Å²) in [4.78, 5) is 8.12. The highest BCUT2D eigenvalue weighted by molar-refractivity contribution is 6.35. The molecule has 4 nitrogen and oxygen atoms in total. The second-order valence-corrected chi connectivity index (χ2v) is 5.71. The van der Waals surface area contributed by atoms with Crippen LogP contribution in [-0.2, 0) is 0 Å². The van der Waals surface area contributed by atoms with Gasteiger partial charge in [-0.3, -0.25) is 0 Å². The smallest absolute Gasteiger partial charge is 0.229 e. The van der Waals surface area contributed by atoms with Crippen molar-refractivity contribution >= 4 is 46.3 Å². The van der Waals surface area contributed by atoms with E-state index in [4.69, 9.17) is 23.2 Å². The predicted molar refractivity (Wildman–Crippen MR) is 91.4 cm³/mol. The zero-order valence-electron chi connectivity index (χ0n) is 12.3. The van der Waals surface area contributed by atoms with Gasteiger partial charge in [-0.15, -0.1) is 0 Å². The molecule has 9 heteroatoms. The average Bonchev–Trinajstić information content (AvgIpc) is 2.59. The van der Waals surface area contributed by atoms with Crippen LogP contribution in [0.4, 0.5) is 36.3 Å². The van der Waals surface area contributed by atoms with Crippen molar-refractivity contribution in [2.75, 3.05) is 10.6 Å². The van der Waals surface area contributed by atoms with Gasteiger partial charge < -0.3 is 10.6 Å². The van der Waals surface area contributed by atoms with Crippen molar-refractivity contribution in [1.29, 1.82) is 0 Å². The van der Waals surface area contributed by atoms with Gasteiger partial charge >= 0.3 is 0 Å². The number of nitrogens with zero attached hydrogens (tertiary/aromatic N) is 2. The van der Waals surface area contributed by atoms with E-state index in [9.17, 15) is 13.2 Å². The Morgan fingerprint density at radius 2 is 1.64 bits per heavy atom. The number of aromatic nitrogens is 2. The first-order valence-corrected chi connectivity index (χ1v) is 7.65. The molecule has 0 aliphatic heterocycles. The van der Waals surface area contributed by atoms with E-state index in [1.54, 1.807) is 18.2 Å². The van der Waals surface area contributed by atoms with Gasteiger partial charge in [0.1, 0.15) is 5.82 Å². The van der Waals surface area contributed by atoms with Crippen LogP contribution in [0.1, 0.15) is 0 Å². The number of hydrogen-bond acceptors (Lipinski definition) is 4. The maximum atomic E-state index is 13.7. The monoisotopic (exact) mass is 384 g/mol. The molecule has 128 valence electrons. The molecule has 2 N–H and O–H groups in total. The molecule has 0 saturated carbocycles. The fraction of sp³-hybridized carbons (Fsp3) is 0. The summed E-state index contributed by atoms with van der Waals surface area (Å²) in [5, 5.41) is 6.29. The Bertz CT molecular complexity index is 937. The lowest BCUT2D eigenvalue weighted by Crippen LogP contribution is -2.03. The summed E-state index contributed by atoms with van der Waals surface area (Å²) in [6.07, 6.45) is 1.40. The Labute approximate surface area is 150 Å². The van der Waals surface area contributed by atoms with Crippen molar-refractivity contribution in [3.05, 3.63) is 70.1 Å². The van der Waals surface area contributed by atoms with Crippen molar-refractivity contribution in [2.24, 2.45) is 0 Å². The highest BCUT2D eigenvalue weighted by atomic mass is 35.5. The largest absolute Gasteiger partial charge is 0.338 e. The van der Waals surface area contributed by atoms with Gasteiger partial charge in [0, 0.05) is 11.2 Å². The Balaban J connectivity index is 1.85. The molecule has 0 unspecified atom stereocenters. The molecular formula is C16H9Cl2F3N4. The third-order valence-electron chi connectivity index (χ3n) is 3.13. The highest BCUT2D eigenvalue weighted by Crippen LogP contribution is 2.28. The summed E-state index contributed by atoms with van der Waals surface area (Å²) in [6, 6.07) is 8.13. The van der Waals surface area contributed by atoms with Gasteiger partial charge in [0.05, 0.1) is 16.4 Å². The van der Waals surface area contributed by atoms with Gasteiger partial charge in [-0.05, 0) is 36.4 Å². The molecule has 25 heavy (non-hydrogen) atoms. The molecule has 0 aliphatic rings. The van der Waals surface area contributed by atoms with Gasteiger partial charge in [0.2, 0.25) is 5.95 Å². The molecule has 0 atom stereocenters. The van der Waals surface area contributed by atoms with Gasteiger partial charge in [-0.1, -0.05) is 23.2 Å². The summed E-state index contributed by atoms with van der Waals surface area (Å²) in [5.74, 6) is -3.87. The number of hydrogen-bond donors (Lipinski definition) is 2. The normalized spacial score (nSPS) is 10.6. The lowest BCUT2D eigenvalue weighted by Gasteiger charge is -2.10. The van der Waals surface area contributed by atoms with Crippen molar-refractivity contribution in [3.63, 3.8) is 0 Å². The molecule has 0 spiro atoms. The van der Waals surface area contributed by atoms with Gasteiger partial charge in [-0.2, -0.15) is 4.98 Å². The fourth-order valence-electron chi connectivity index (χ4n) is 1.96. The van der Waals surface area contributed by atoms with Gasteiger partial charge in [-0.25, -0.2) is 18.2 Å². The Morgan fingerprint density at radius 3 is 2.44 bits per heavy atom. The first-order chi connectivity index (χ1) is 11.9. The molecule has 0 fully saturated rings. The number of halogens is 5. The first-order valence-electron chi connectivity index (χ1n) is 6.89. The highest BCUT2D eigenvalue weighted by Gasteiger charge is 2.14. The number of nitrogens with one attached hydrogen (secondary N) is 2. The second-order valence-electron chi connectivity index (χ2n) is 4.86. The van der Waals surface area contributed by atoms with Crippen LogP contribution in [-0.4, -0.2) is 9.97 Å². The third kappa shape index (κ3) is 3.94. The molecule has 3 aromatic rings. The van der Waals surface area contributed by atoms with E-state index in [1.807, 2.05) is 0 Å². The average molecular weight is 385 g/mol. The molecule has 0 radical (unpaired) electrons. The SMILES string of the molecule is Fc1ccc(Nc2ccnc(Nc3cc(Cl)ccc3Cl)n2)c(F)c1F. The van der Waals surface area contributed by atoms with E-state index >= 15 is 0 Å². The van der Waals surface area contributed by atoms with E-state index in [-0.39, 0.29) is 17.5 Å². The van der Waals surface area contributed by atoms with E-state index in [2.05, 4.69) is 20.6 Å². The predicted octanol–water partition coefficient (Wildman–Crippen LogP) is 5.69. The summed E-state index contributed by atoms with van der Waals surface area (Å²) in [7, 11) is 0. The molecule has 0 bridgehead atoms. The number of benzene rings is 2. The van der Waals surface area contributed by atoms with Crippen LogP contribution in [0.15, 0.2) is 42.6 Å². The lowest BCUT2D eigenvalue weighted by molar-refractivity contribution is 0.449. The standard InChI is InChI=1S/C16H9Cl2F3N4/c17-8-1-2-9(18)12(7-8)24-16-22-6-5-13(25-16)23-11-4-3-10(19)14(20)15(11)21/h1-7H,(H2,22,23,24,25). The molecule has 1 heterocycles. The lowest BCUT2D eigenvalue weighted by atomic mass is 10.3. The minimum absolute atomic E-state index is 0.150. The van der Waals surface area contributed by atoms with E-state index < -0.39 is 17.5 Å². The maximum Gasteiger partial charge on any atom is 0.229 e. The van der Waals surface area contributed by atoms with Crippen LogP contribution in [0.3, 0.4) is 0 Å². The summed E-state index contributed by atoms with van der Waals surface area (Å²) >= 11 is 12.0. The first kappa shape index (κ1) is 17.3. The zero-order chi connectivity index (χ0) is 18.0. The molecule has 1 aromatic heterocycles. The van der Waals surface area contributed by atoms with Crippen LogP contribution < -0.4 is 10.6 Å². The Morgan fingerprint density at radius 1 is 0.840 bits per heavy atom. The topological polar surface area (TPSA) is 49.8 Å². The van der Waals surface area contributed by atoms with E-state index in [1.165, 1.54) is 12.3 Å². The third-order valence-corrected chi connectivity index (χ3v) is 3.69. The van der Waals surface area contributed by atoms with E-state index in [0.717, 1.165) is 12.1 Å². The number of anilines is 4. The van der Waals surface area contributed by atoms with E-state index in [0.29, 0.717) is 15.7 Å². The summed E-state index contributed by atoms with van der Waals surface area (Å²) < 4.78 is 40.0. The minimum atomic E-state index is -1.57. The fourth-order valence-corrected chi connectivity index (χ4v) is 2.30. The van der Waals surface area contributed by atoms with Crippen LogP contribution in [0.25, 0.3) is 0 Å². The minimum Gasteiger partial charge on any atom is -0.338 e. The Kier molecular flexibility index (Phi) is 4.96. The second kappa shape index (κ2) is 7.16. The van der Waals surface area contributed by atoms with Crippen LogP contribution >= 0.6 is 23.2 Å². The van der Waals surface area contributed by atoms with Gasteiger partial charge in [0.25, 0.3) is 0 Å². The molecule has 2 aromatic carbocycles. The quantitative estimate of drug-likeness (QED) is 0.567. The van der Waals surface area contributed by atoms with Crippen LogP contribution in [0.2, 0.25) is 10.0 Å². The molecule has 0 saturated heterocycles. The van der Waals surface area contributed by atoms with Crippen molar-refractivity contribution in [2.45, 2.75) is 0 Å². The molecular weight excluding hydrogens is 376 g/mol. The summed E-state index contributed by atoms with van der Waals surface area (Å²) in [5.41, 5.74) is 0.217. The summed E-state index contributed by atoms with van der Waals surface area (Å²) in [6.45, 7) is 0. The van der Waals surface area contributed by atoms with Crippen molar-refractivity contribution < 1.29 is 13.2 Å². The molecule has 3 rings (SSSR count). The zero-order valence-corrected chi connectivity index (χ0v) is 13.8. The maximum absolute atomic E-state index is 13.7. The number of rotatable bonds is 4. The van der Waals surface area contributed by atoms with Gasteiger partial charge in [0.15, 0.2) is 17.5 Å². The van der Waals surface area contributed by atoms with Crippen molar-refractivity contribution in [1.82, 2.24) is 9.97 Å². The molecule has 0 aliphatic carbocycles.